The highest BCUT2D eigenvalue weighted by Crippen LogP contribution is 2.20. The van der Waals surface area contributed by atoms with Gasteiger partial charge in [0.15, 0.2) is 0 Å². The maximum Gasteiger partial charge on any atom is 0.315 e. The normalized spacial score (nSPS) is 13.5. The van der Waals surface area contributed by atoms with Crippen LogP contribution in [0.4, 0.5) is 4.79 Å². The van der Waals surface area contributed by atoms with E-state index >= 15 is 0 Å². The molecule has 0 saturated carbocycles. The van der Waals surface area contributed by atoms with Gasteiger partial charge < -0.3 is 20.3 Å². The fourth-order valence-electron chi connectivity index (χ4n) is 2.31. The van der Waals surface area contributed by atoms with Crippen LogP contribution in [-0.4, -0.2) is 28.8 Å². The molecule has 1 heterocycles. The summed E-state index contributed by atoms with van der Waals surface area (Å²) in [7, 11) is 0. The maximum atomic E-state index is 11.8. The fraction of sp³-hybridized carbons (Fsp3) is 0.643. The van der Waals surface area contributed by atoms with Crippen molar-refractivity contribution in [3.63, 3.8) is 0 Å². The number of amides is 2. The van der Waals surface area contributed by atoms with E-state index in [2.05, 4.69) is 15.8 Å². The van der Waals surface area contributed by atoms with Crippen LogP contribution in [0.15, 0.2) is 4.52 Å². The van der Waals surface area contributed by atoms with Crippen LogP contribution in [0.3, 0.4) is 0 Å². The summed E-state index contributed by atoms with van der Waals surface area (Å²) in [6.45, 7) is 7.45. The standard InChI is InChI=1S/C14H23N3O4/c1-5-6-11(13(18)19)7-15-14(20)16-8(2)12-9(3)17-21-10(12)4/h8,11H,5-7H2,1-4H3,(H,18,19)(H2,15,16,20). The molecule has 2 unspecified atom stereocenters. The predicted molar refractivity (Wildman–Crippen MR) is 77.0 cm³/mol. The second-order valence-electron chi connectivity index (χ2n) is 5.14. The van der Waals surface area contributed by atoms with Gasteiger partial charge in [-0.3, -0.25) is 4.79 Å². The van der Waals surface area contributed by atoms with Crippen molar-refractivity contribution in [1.82, 2.24) is 15.8 Å². The van der Waals surface area contributed by atoms with Gasteiger partial charge in [-0.05, 0) is 27.2 Å². The zero-order valence-electron chi connectivity index (χ0n) is 12.9. The number of nitrogens with one attached hydrogen (secondary N) is 2. The Balaban J connectivity index is 2.52. The number of carboxylic acids is 1. The van der Waals surface area contributed by atoms with Crippen molar-refractivity contribution in [2.24, 2.45) is 5.92 Å². The van der Waals surface area contributed by atoms with Crippen LogP contribution in [0.1, 0.15) is 49.7 Å². The summed E-state index contributed by atoms with van der Waals surface area (Å²) in [6, 6.07) is -0.657. The van der Waals surface area contributed by atoms with Gasteiger partial charge in [-0.15, -0.1) is 0 Å². The fourth-order valence-corrected chi connectivity index (χ4v) is 2.31. The summed E-state index contributed by atoms with van der Waals surface area (Å²) >= 11 is 0. The molecule has 0 radical (unpaired) electrons. The quantitative estimate of drug-likeness (QED) is 0.715. The maximum absolute atomic E-state index is 11.8. The molecule has 0 saturated heterocycles. The second kappa shape index (κ2) is 7.66. The molecule has 0 bridgehead atoms. The highest BCUT2D eigenvalue weighted by atomic mass is 16.5. The van der Waals surface area contributed by atoms with Crippen molar-refractivity contribution in [2.75, 3.05) is 6.54 Å². The van der Waals surface area contributed by atoms with Gasteiger partial charge in [-0.25, -0.2) is 4.79 Å². The number of aromatic nitrogens is 1. The number of carboxylic acid groups (broad SMARTS) is 1. The molecule has 1 aromatic heterocycles. The second-order valence-corrected chi connectivity index (χ2v) is 5.14. The van der Waals surface area contributed by atoms with Gasteiger partial charge in [0, 0.05) is 12.1 Å². The van der Waals surface area contributed by atoms with Crippen LogP contribution in [-0.2, 0) is 4.79 Å². The third-order valence-electron chi connectivity index (χ3n) is 3.36. The number of urea groups is 1. The van der Waals surface area contributed by atoms with Crippen LogP contribution in [0, 0.1) is 19.8 Å². The van der Waals surface area contributed by atoms with Crippen LogP contribution < -0.4 is 10.6 Å². The van der Waals surface area contributed by atoms with Gasteiger partial charge in [0.2, 0.25) is 0 Å². The molecule has 2 amide bonds. The molecule has 0 aliphatic rings. The average molecular weight is 297 g/mol. The summed E-state index contributed by atoms with van der Waals surface area (Å²) in [5, 5.41) is 18.2. The molecule has 7 heteroatoms. The molecule has 0 fully saturated rings. The summed E-state index contributed by atoms with van der Waals surface area (Å²) in [5.41, 5.74) is 1.57. The van der Waals surface area contributed by atoms with Crippen molar-refractivity contribution >= 4 is 12.0 Å². The largest absolute Gasteiger partial charge is 0.481 e. The van der Waals surface area contributed by atoms with Crippen LogP contribution in [0.2, 0.25) is 0 Å². The molecule has 7 nitrogen and oxygen atoms in total. The summed E-state index contributed by atoms with van der Waals surface area (Å²) in [4.78, 5) is 22.8. The third kappa shape index (κ3) is 4.77. The summed E-state index contributed by atoms with van der Waals surface area (Å²) in [6.07, 6.45) is 1.30. The SMILES string of the molecule is CCCC(CNC(=O)NC(C)c1c(C)noc1C)C(=O)O. The van der Waals surface area contributed by atoms with E-state index in [4.69, 9.17) is 9.63 Å². The van der Waals surface area contributed by atoms with E-state index < -0.39 is 17.9 Å². The molecule has 0 spiro atoms. The zero-order valence-corrected chi connectivity index (χ0v) is 12.9. The van der Waals surface area contributed by atoms with E-state index in [0.717, 1.165) is 17.7 Å². The highest BCUT2D eigenvalue weighted by molar-refractivity contribution is 5.76. The minimum atomic E-state index is -0.893. The van der Waals surface area contributed by atoms with Crippen molar-refractivity contribution < 1.29 is 19.2 Å². The Hall–Kier alpha value is -2.05. The number of hydrogen-bond donors (Lipinski definition) is 3. The molecule has 21 heavy (non-hydrogen) atoms. The van der Waals surface area contributed by atoms with Gasteiger partial charge in [-0.2, -0.15) is 0 Å². The first-order chi connectivity index (χ1) is 9.86. The van der Waals surface area contributed by atoms with E-state index in [-0.39, 0.29) is 12.6 Å². The molecular formula is C14H23N3O4. The first kappa shape index (κ1) is 17.0. The minimum absolute atomic E-state index is 0.114. The van der Waals surface area contributed by atoms with E-state index in [9.17, 15) is 9.59 Å². The Kier molecular flexibility index (Phi) is 6.20. The molecule has 1 rings (SSSR count). The number of hydrogen-bond acceptors (Lipinski definition) is 4. The predicted octanol–water partition coefficient (Wildman–Crippen LogP) is 2.15. The first-order valence-electron chi connectivity index (χ1n) is 7.06. The summed E-state index contributed by atoms with van der Waals surface area (Å²) < 4.78 is 5.06. The monoisotopic (exact) mass is 297 g/mol. The van der Waals surface area contributed by atoms with Crippen LogP contribution in [0.25, 0.3) is 0 Å². The average Bonchev–Trinajstić information content (AvgIpc) is 2.73. The van der Waals surface area contributed by atoms with E-state index in [1.807, 2.05) is 20.8 Å². The Morgan fingerprint density at radius 2 is 2.05 bits per heavy atom. The Morgan fingerprint density at radius 3 is 2.52 bits per heavy atom. The minimum Gasteiger partial charge on any atom is -0.481 e. The first-order valence-corrected chi connectivity index (χ1v) is 7.06. The van der Waals surface area contributed by atoms with E-state index in [1.54, 1.807) is 6.92 Å². The lowest BCUT2D eigenvalue weighted by Gasteiger charge is -2.16. The summed E-state index contributed by atoms with van der Waals surface area (Å²) in [5.74, 6) is -0.791. The van der Waals surface area contributed by atoms with Gasteiger partial charge >= 0.3 is 12.0 Å². The van der Waals surface area contributed by atoms with Crippen LogP contribution >= 0.6 is 0 Å². The van der Waals surface area contributed by atoms with E-state index in [1.165, 1.54) is 0 Å². The van der Waals surface area contributed by atoms with E-state index in [0.29, 0.717) is 12.2 Å². The lowest BCUT2D eigenvalue weighted by Crippen LogP contribution is -2.41. The van der Waals surface area contributed by atoms with Crippen molar-refractivity contribution in [3.05, 3.63) is 17.0 Å². The number of aryl methyl sites for hydroxylation is 2. The van der Waals surface area contributed by atoms with Gasteiger partial charge in [0.25, 0.3) is 0 Å². The van der Waals surface area contributed by atoms with Gasteiger partial charge in [0.1, 0.15) is 5.76 Å². The van der Waals surface area contributed by atoms with Gasteiger partial charge in [-0.1, -0.05) is 18.5 Å². The molecule has 1 aromatic rings. The van der Waals surface area contributed by atoms with Crippen molar-refractivity contribution in [3.8, 4) is 0 Å². The number of nitrogens with zero attached hydrogens (tertiary/aromatic N) is 1. The molecule has 118 valence electrons. The Bertz CT molecular complexity index is 479. The molecule has 0 aliphatic carbocycles. The van der Waals surface area contributed by atoms with Crippen molar-refractivity contribution in [2.45, 2.75) is 46.6 Å². The van der Waals surface area contributed by atoms with Crippen molar-refractivity contribution in [1.29, 1.82) is 0 Å². The zero-order chi connectivity index (χ0) is 16.0. The molecule has 0 aromatic carbocycles. The lowest BCUT2D eigenvalue weighted by atomic mass is 10.0. The number of carbonyl (C=O) groups excluding carboxylic acids is 1. The highest BCUT2D eigenvalue weighted by Gasteiger charge is 2.20. The number of aliphatic carboxylic acids is 1. The number of carbonyl (C=O) groups is 2. The molecule has 0 aliphatic heterocycles. The molecule has 3 N–H and O–H groups in total. The lowest BCUT2D eigenvalue weighted by molar-refractivity contribution is -0.141. The number of rotatable bonds is 7. The topological polar surface area (TPSA) is 104 Å². The Morgan fingerprint density at radius 1 is 1.38 bits per heavy atom. The third-order valence-corrected chi connectivity index (χ3v) is 3.36. The van der Waals surface area contributed by atoms with Crippen LogP contribution in [0.5, 0.6) is 0 Å². The molecular weight excluding hydrogens is 274 g/mol. The molecule has 2 atom stereocenters. The van der Waals surface area contributed by atoms with Gasteiger partial charge in [0.05, 0.1) is 17.7 Å². The smallest absolute Gasteiger partial charge is 0.315 e. The Labute approximate surface area is 124 Å².